The maximum absolute atomic E-state index is 12.6. The van der Waals surface area contributed by atoms with Crippen LogP contribution in [0.2, 0.25) is 0 Å². The highest BCUT2D eigenvalue weighted by Gasteiger charge is 2.31. The summed E-state index contributed by atoms with van der Waals surface area (Å²) < 4.78 is 28.6. The fourth-order valence-corrected chi connectivity index (χ4v) is 4.82. The average molecular weight is 401 g/mol. The summed E-state index contributed by atoms with van der Waals surface area (Å²) in [5, 5.41) is 6.38. The molecule has 1 aromatic carbocycles. The number of aryl methyl sites for hydroxylation is 2. The Kier molecular flexibility index (Phi) is 3.57. The van der Waals surface area contributed by atoms with Crippen LogP contribution in [0.3, 0.4) is 0 Å². The second-order valence-corrected chi connectivity index (χ2v) is 9.03. The number of hydrogen-bond donors (Lipinski definition) is 2. The van der Waals surface area contributed by atoms with E-state index in [0.717, 1.165) is 42.5 Å². The van der Waals surface area contributed by atoms with Crippen molar-refractivity contribution >= 4 is 27.6 Å². The molecule has 2 N–H and O–H groups in total. The van der Waals surface area contributed by atoms with Gasteiger partial charge < -0.3 is 10.2 Å². The number of benzene rings is 1. The number of carbonyl (C=O) groups is 2. The van der Waals surface area contributed by atoms with Gasteiger partial charge in [-0.05, 0) is 47.9 Å². The topological polar surface area (TPSA) is 113 Å². The van der Waals surface area contributed by atoms with E-state index < -0.39 is 16.1 Å². The highest BCUT2D eigenvalue weighted by atomic mass is 32.2. The summed E-state index contributed by atoms with van der Waals surface area (Å²) in [4.78, 5) is 26.1. The van der Waals surface area contributed by atoms with Gasteiger partial charge in [-0.2, -0.15) is 13.5 Å². The number of urea groups is 1. The van der Waals surface area contributed by atoms with Crippen molar-refractivity contribution in [2.45, 2.75) is 37.3 Å². The van der Waals surface area contributed by atoms with Crippen LogP contribution < -0.4 is 10.0 Å². The monoisotopic (exact) mass is 401 g/mol. The van der Waals surface area contributed by atoms with E-state index in [1.54, 1.807) is 7.05 Å². The Morgan fingerprint density at radius 2 is 1.75 bits per heavy atom. The number of fused-ring (bicyclic) bond motifs is 3. The first kappa shape index (κ1) is 17.2. The van der Waals surface area contributed by atoms with Crippen molar-refractivity contribution in [2.75, 3.05) is 18.9 Å². The summed E-state index contributed by atoms with van der Waals surface area (Å²) in [7, 11) is -2.55. The predicted octanol–water partition coefficient (Wildman–Crippen LogP) is 0.676. The number of sulfonamides is 1. The van der Waals surface area contributed by atoms with Crippen LogP contribution in [0.25, 0.3) is 0 Å². The average Bonchev–Trinajstić information content (AvgIpc) is 3.01. The van der Waals surface area contributed by atoms with E-state index in [0.29, 0.717) is 13.1 Å². The molecule has 5 rings (SSSR count). The molecule has 0 saturated heterocycles. The molecule has 2 aliphatic carbocycles. The van der Waals surface area contributed by atoms with Gasteiger partial charge in [0.2, 0.25) is 0 Å². The van der Waals surface area contributed by atoms with Crippen molar-refractivity contribution in [1.82, 2.24) is 19.4 Å². The molecule has 0 spiro atoms. The van der Waals surface area contributed by atoms with Crippen LogP contribution in [0, 0.1) is 0 Å². The van der Waals surface area contributed by atoms with E-state index in [2.05, 4.69) is 16.5 Å². The van der Waals surface area contributed by atoms with Crippen molar-refractivity contribution in [1.29, 1.82) is 0 Å². The number of anilines is 1. The largest absolute Gasteiger partial charge is 0.339 e. The molecule has 2 heterocycles. The normalized spacial score (nSPS) is 17.0. The maximum atomic E-state index is 12.6. The van der Waals surface area contributed by atoms with Crippen molar-refractivity contribution in [3.63, 3.8) is 0 Å². The minimum absolute atomic E-state index is 0.195. The number of nitrogens with zero attached hydrogens (tertiary/aromatic N) is 3. The van der Waals surface area contributed by atoms with Gasteiger partial charge in [-0.25, -0.2) is 9.52 Å². The lowest BCUT2D eigenvalue weighted by Gasteiger charge is -2.32. The van der Waals surface area contributed by atoms with Gasteiger partial charge in [0, 0.05) is 25.3 Å². The summed E-state index contributed by atoms with van der Waals surface area (Å²) in [6, 6.07) is 2.57. The molecule has 2 aromatic rings. The first-order chi connectivity index (χ1) is 13.3. The molecule has 1 aliphatic heterocycles. The third kappa shape index (κ3) is 2.51. The quantitative estimate of drug-likeness (QED) is 0.785. The van der Waals surface area contributed by atoms with Gasteiger partial charge in [0.1, 0.15) is 5.69 Å². The number of carbonyl (C=O) groups excluding carboxylic acids is 2. The lowest BCUT2D eigenvalue weighted by Crippen LogP contribution is -2.37. The van der Waals surface area contributed by atoms with Gasteiger partial charge in [0.25, 0.3) is 15.9 Å². The second-order valence-electron chi connectivity index (χ2n) is 7.40. The minimum Gasteiger partial charge on any atom is -0.339 e. The number of likely N-dealkylation sites (N-methyl/N-ethyl adjacent to an activating group) is 1. The molecule has 3 aliphatic rings. The third-order valence-electron chi connectivity index (χ3n) is 5.73. The van der Waals surface area contributed by atoms with Gasteiger partial charge in [0.15, 0.2) is 5.03 Å². The summed E-state index contributed by atoms with van der Waals surface area (Å²) in [6.07, 6.45) is 3.74. The molecule has 28 heavy (non-hydrogen) atoms. The highest BCUT2D eigenvalue weighted by molar-refractivity contribution is 7.90. The fraction of sp³-hybridized carbons (Fsp3) is 0.389. The van der Waals surface area contributed by atoms with Crippen LogP contribution >= 0.6 is 0 Å². The van der Waals surface area contributed by atoms with Crippen LogP contribution in [0.4, 0.5) is 10.5 Å². The van der Waals surface area contributed by atoms with Crippen molar-refractivity contribution in [3.8, 4) is 0 Å². The lowest BCUT2D eigenvalue weighted by atomic mass is 9.76. The molecule has 9 nitrogen and oxygen atoms in total. The second kappa shape index (κ2) is 5.81. The maximum Gasteiger partial charge on any atom is 0.333 e. The van der Waals surface area contributed by atoms with Crippen LogP contribution in [-0.2, 0) is 42.3 Å². The van der Waals surface area contributed by atoms with Gasteiger partial charge in [-0.3, -0.25) is 9.48 Å². The van der Waals surface area contributed by atoms with E-state index >= 15 is 0 Å². The van der Waals surface area contributed by atoms with Gasteiger partial charge in [-0.1, -0.05) is 6.07 Å². The molecular weight excluding hydrogens is 382 g/mol. The lowest BCUT2D eigenvalue weighted by molar-refractivity contribution is 0.0742. The summed E-state index contributed by atoms with van der Waals surface area (Å²) in [5.41, 5.74) is 5.58. The van der Waals surface area contributed by atoms with E-state index in [-0.39, 0.29) is 16.6 Å². The summed E-state index contributed by atoms with van der Waals surface area (Å²) in [6.45, 7) is 0.854. The Morgan fingerprint density at radius 3 is 2.36 bits per heavy atom. The molecule has 10 heteroatoms. The molecule has 0 atom stereocenters. The van der Waals surface area contributed by atoms with Gasteiger partial charge in [-0.15, -0.1) is 0 Å². The predicted molar refractivity (Wildman–Crippen MR) is 99.8 cm³/mol. The molecule has 1 aromatic heterocycles. The Balaban J connectivity index is 1.37. The van der Waals surface area contributed by atoms with E-state index in [4.69, 9.17) is 0 Å². The van der Waals surface area contributed by atoms with Crippen molar-refractivity contribution < 1.29 is 18.0 Å². The van der Waals surface area contributed by atoms with Crippen LogP contribution in [0.15, 0.2) is 17.2 Å². The first-order valence-electron chi connectivity index (χ1n) is 9.17. The zero-order valence-electron chi connectivity index (χ0n) is 15.3. The molecular formula is C18H19N5O4S. The molecule has 0 bridgehead atoms. The van der Waals surface area contributed by atoms with Gasteiger partial charge >= 0.3 is 6.03 Å². The molecule has 0 saturated carbocycles. The number of hydrogen-bond acceptors (Lipinski definition) is 5. The number of aromatic nitrogens is 2. The fourth-order valence-electron chi connectivity index (χ4n) is 3.94. The minimum atomic E-state index is -4.19. The zero-order chi connectivity index (χ0) is 19.6. The third-order valence-corrected chi connectivity index (χ3v) is 6.93. The number of rotatable bonds is 3. The molecule has 0 radical (unpaired) electrons. The van der Waals surface area contributed by atoms with E-state index in [1.165, 1.54) is 26.8 Å². The Hall–Kier alpha value is -2.88. The van der Waals surface area contributed by atoms with Crippen molar-refractivity contribution in [2.24, 2.45) is 0 Å². The zero-order valence-corrected chi connectivity index (χ0v) is 16.1. The van der Waals surface area contributed by atoms with Crippen LogP contribution in [0.1, 0.15) is 32.7 Å². The van der Waals surface area contributed by atoms with E-state index in [9.17, 15) is 18.0 Å². The summed E-state index contributed by atoms with van der Waals surface area (Å²) >= 11 is 0. The SMILES string of the molecule is CN1CCn2nc(S(=O)(=O)NC(=O)Nc3c4c(cc5c3CC5)CC4)cc2C1=O. The highest BCUT2D eigenvalue weighted by Crippen LogP contribution is 2.40. The van der Waals surface area contributed by atoms with Crippen LogP contribution in [0.5, 0.6) is 0 Å². The molecule has 3 amide bonds. The van der Waals surface area contributed by atoms with Crippen LogP contribution in [-0.4, -0.2) is 48.6 Å². The first-order valence-corrected chi connectivity index (χ1v) is 10.7. The Bertz CT molecular complexity index is 1120. The molecule has 0 fully saturated rings. The summed E-state index contributed by atoms with van der Waals surface area (Å²) in [5.74, 6) is -0.299. The standard InChI is InChI=1S/C18H19N5O4S/c1-22-6-7-23-14(17(22)24)9-15(20-23)28(26,27)21-18(25)19-16-12-4-2-10(12)8-11-3-5-13(11)16/h8-9H,2-7H2,1H3,(H2,19,21,25). The Labute approximate surface area is 161 Å². The van der Waals surface area contributed by atoms with E-state index in [1.807, 2.05) is 4.72 Å². The molecule has 0 unspecified atom stereocenters. The molecule has 146 valence electrons. The van der Waals surface area contributed by atoms with Crippen molar-refractivity contribution in [3.05, 3.63) is 40.1 Å². The smallest absolute Gasteiger partial charge is 0.333 e. The Morgan fingerprint density at radius 1 is 1.07 bits per heavy atom. The number of amides is 3. The number of nitrogens with one attached hydrogen (secondary N) is 2. The van der Waals surface area contributed by atoms with Gasteiger partial charge in [0.05, 0.1) is 6.54 Å².